The predicted molar refractivity (Wildman–Crippen MR) is 102 cm³/mol. The Morgan fingerprint density at radius 2 is 1.76 bits per heavy atom. The summed E-state index contributed by atoms with van der Waals surface area (Å²) < 4.78 is 26.1. The van der Waals surface area contributed by atoms with Crippen molar-refractivity contribution in [2.45, 2.75) is 16.2 Å². The lowest BCUT2D eigenvalue weighted by atomic mass is 10.2. The average molecular weight is 359 g/mol. The molecule has 2 aromatic carbocycles. The first-order valence-electron chi connectivity index (χ1n) is 8.57. The van der Waals surface area contributed by atoms with Gasteiger partial charge in [0, 0.05) is 39.4 Å². The molecule has 2 aromatic rings. The van der Waals surface area contributed by atoms with Gasteiger partial charge in [0.1, 0.15) is 0 Å². The van der Waals surface area contributed by atoms with Crippen LogP contribution in [0.2, 0.25) is 0 Å². The Kier molecular flexibility index (Phi) is 5.30. The van der Waals surface area contributed by atoms with Gasteiger partial charge in [0.2, 0.25) is 9.84 Å². The highest BCUT2D eigenvalue weighted by atomic mass is 32.2. The molecule has 0 bridgehead atoms. The highest BCUT2D eigenvalue weighted by Gasteiger charge is 2.23. The van der Waals surface area contributed by atoms with Crippen LogP contribution in [0.1, 0.15) is 6.42 Å². The van der Waals surface area contributed by atoms with Crippen molar-refractivity contribution in [3.8, 4) is 0 Å². The van der Waals surface area contributed by atoms with Crippen molar-refractivity contribution in [3.63, 3.8) is 0 Å². The van der Waals surface area contributed by atoms with Gasteiger partial charge in [-0.25, -0.2) is 8.42 Å². The van der Waals surface area contributed by atoms with E-state index >= 15 is 0 Å². The third kappa shape index (κ3) is 3.80. The third-order valence-corrected chi connectivity index (χ3v) is 6.29. The molecule has 1 heterocycles. The van der Waals surface area contributed by atoms with Crippen molar-refractivity contribution in [3.05, 3.63) is 48.5 Å². The normalized spacial score (nSPS) is 15.7. The van der Waals surface area contributed by atoms with Crippen LogP contribution >= 0.6 is 0 Å². The fourth-order valence-electron chi connectivity index (χ4n) is 3.11. The van der Waals surface area contributed by atoms with Crippen LogP contribution < -0.4 is 15.1 Å². The summed E-state index contributed by atoms with van der Waals surface area (Å²) in [5, 5.41) is 3.39. The second-order valence-electron chi connectivity index (χ2n) is 6.45. The van der Waals surface area contributed by atoms with E-state index in [2.05, 4.69) is 10.2 Å². The Balaban J connectivity index is 2.03. The van der Waals surface area contributed by atoms with Gasteiger partial charge in [-0.3, -0.25) is 0 Å². The molecule has 1 fully saturated rings. The average Bonchev–Trinajstić information content (AvgIpc) is 2.91. The van der Waals surface area contributed by atoms with Crippen molar-refractivity contribution in [2.24, 2.45) is 0 Å². The number of anilines is 2. The molecular formula is C19H25N3O2S. The van der Waals surface area contributed by atoms with E-state index in [0.29, 0.717) is 9.79 Å². The van der Waals surface area contributed by atoms with Crippen LogP contribution in [-0.4, -0.2) is 48.7 Å². The quantitative estimate of drug-likeness (QED) is 0.908. The first-order valence-corrected chi connectivity index (χ1v) is 10.1. The highest BCUT2D eigenvalue weighted by Crippen LogP contribution is 2.33. The maximum Gasteiger partial charge on any atom is 0.208 e. The van der Waals surface area contributed by atoms with E-state index in [4.69, 9.17) is 0 Å². The first kappa shape index (κ1) is 17.8. The van der Waals surface area contributed by atoms with Gasteiger partial charge in [0.15, 0.2) is 0 Å². The van der Waals surface area contributed by atoms with Gasteiger partial charge in [-0.15, -0.1) is 0 Å². The lowest BCUT2D eigenvalue weighted by Gasteiger charge is -2.25. The summed E-state index contributed by atoms with van der Waals surface area (Å²) in [7, 11) is 0.222. The lowest BCUT2D eigenvalue weighted by Crippen LogP contribution is -2.28. The zero-order chi connectivity index (χ0) is 17.9. The smallest absolute Gasteiger partial charge is 0.208 e. The molecule has 0 saturated carbocycles. The van der Waals surface area contributed by atoms with Crippen molar-refractivity contribution in [1.82, 2.24) is 5.32 Å². The number of rotatable bonds is 4. The van der Waals surface area contributed by atoms with Crippen LogP contribution in [0.4, 0.5) is 11.4 Å². The minimum absolute atomic E-state index is 0.324. The van der Waals surface area contributed by atoms with Crippen LogP contribution in [0.15, 0.2) is 58.3 Å². The number of sulfone groups is 1. The topological polar surface area (TPSA) is 52.6 Å². The number of nitrogens with zero attached hydrogens (tertiary/aromatic N) is 2. The van der Waals surface area contributed by atoms with Gasteiger partial charge in [0.05, 0.1) is 15.5 Å². The van der Waals surface area contributed by atoms with E-state index in [9.17, 15) is 8.42 Å². The minimum atomic E-state index is -3.54. The van der Waals surface area contributed by atoms with Crippen molar-refractivity contribution < 1.29 is 8.42 Å². The van der Waals surface area contributed by atoms with Crippen LogP contribution in [0.25, 0.3) is 0 Å². The maximum absolute atomic E-state index is 13.1. The molecule has 1 saturated heterocycles. The molecule has 25 heavy (non-hydrogen) atoms. The molecule has 0 radical (unpaired) electrons. The van der Waals surface area contributed by atoms with Gasteiger partial charge in [-0.1, -0.05) is 18.2 Å². The van der Waals surface area contributed by atoms with Gasteiger partial charge in [-0.05, 0) is 43.3 Å². The van der Waals surface area contributed by atoms with E-state index in [1.54, 1.807) is 30.3 Å². The van der Waals surface area contributed by atoms with E-state index < -0.39 is 9.84 Å². The Hall–Kier alpha value is -2.05. The Morgan fingerprint density at radius 1 is 1.00 bits per heavy atom. The minimum Gasteiger partial charge on any atom is -0.377 e. The Labute approximate surface area is 150 Å². The summed E-state index contributed by atoms with van der Waals surface area (Å²) in [5.41, 5.74) is 1.79. The summed E-state index contributed by atoms with van der Waals surface area (Å²) in [5.74, 6) is 0. The molecule has 1 aliphatic rings. The van der Waals surface area contributed by atoms with E-state index in [1.165, 1.54) is 0 Å². The van der Waals surface area contributed by atoms with E-state index in [-0.39, 0.29) is 0 Å². The molecule has 0 aromatic heterocycles. The molecule has 1 aliphatic heterocycles. The molecule has 134 valence electrons. The van der Waals surface area contributed by atoms with E-state index in [1.807, 2.05) is 37.2 Å². The predicted octanol–water partition coefficient (Wildman–Crippen LogP) is 2.39. The molecule has 0 atom stereocenters. The zero-order valence-electron chi connectivity index (χ0n) is 14.8. The van der Waals surface area contributed by atoms with Crippen molar-refractivity contribution in [1.29, 1.82) is 0 Å². The molecule has 0 aliphatic carbocycles. The SMILES string of the molecule is CN(C)c1cc(N2CCCNCC2)ccc1S(=O)(=O)c1ccccc1. The number of nitrogens with one attached hydrogen (secondary N) is 1. The molecule has 0 spiro atoms. The van der Waals surface area contributed by atoms with Crippen molar-refractivity contribution in [2.75, 3.05) is 50.1 Å². The summed E-state index contributed by atoms with van der Waals surface area (Å²) in [4.78, 5) is 4.85. The van der Waals surface area contributed by atoms with E-state index in [0.717, 1.165) is 44.0 Å². The van der Waals surface area contributed by atoms with Crippen LogP contribution in [0.3, 0.4) is 0 Å². The molecule has 6 heteroatoms. The fourth-order valence-corrected chi connectivity index (χ4v) is 4.64. The maximum atomic E-state index is 13.1. The zero-order valence-corrected chi connectivity index (χ0v) is 15.6. The number of benzene rings is 2. The Bertz CT molecular complexity index is 812. The Morgan fingerprint density at radius 3 is 2.48 bits per heavy atom. The summed E-state index contributed by atoms with van der Waals surface area (Å²) in [6.45, 7) is 3.88. The number of hydrogen-bond acceptors (Lipinski definition) is 5. The summed E-state index contributed by atoms with van der Waals surface area (Å²) in [6, 6.07) is 14.3. The van der Waals surface area contributed by atoms with Crippen molar-refractivity contribution >= 4 is 21.2 Å². The first-order chi connectivity index (χ1) is 12.0. The largest absolute Gasteiger partial charge is 0.377 e. The van der Waals surface area contributed by atoms with Gasteiger partial charge in [-0.2, -0.15) is 0 Å². The number of hydrogen-bond donors (Lipinski definition) is 1. The van der Waals surface area contributed by atoms with Gasteiger partial charge >= 0.3 is 0 Å². The fraction of sp³-hybridized carbons (Fsp3) is 0.368. The molecule has 0 unspecified atom stereocenters. The third-order valence-electron chi connectivity index (χ3n) is 4.47. The standard InChI is InChI=1S/C19H25N3O2S/c1-21(2)18-15-16(22-13-6-11-20-12-14-22)9-10-19(18)25(23,24)17-7-4-3-5-8-17/h3-5,7-10,15,20H,6,11-14H2,1-2H3. The summed E-state index contributed by atoms with van der Waals surface area (Å²) in [6.07, 6.45) is 1.08. The van der Waals surface area contributed by atoms with Crippen LogP contribution in [-0.2, 0) is 9.84 Å². The van der Waals surface area contributed by atoms with Crippen LogP contribution in [0, 0.1) is 0 Å². The van der Waals surface area contributed by atoms with Crippen LogP contribution in [0.5, 0.6) is 0 Å². The molecule has 1 N–H and O–H groups in total. The second-order valence-corrected chi connectivity index (χ2v) is 8.37. The lowest BCUT2D eigenvalue weighted by molar-refractivity contribution is 0.596. The second kappa shape index (κ2) is 7.45. The van der Waals surface area contributed by atoms with Gasteiger partial charge < -0.3 is 15.1 Å². The monoisotopic (exact) mass is 359 g/mol. The molecule has 0 amide bonds. The van der Waals surface area contributed by atoms with Gasteiger partial charge in [0.25, 0.3) is 0 Å². The molecular weight excluding hydrogens is 334 g/mol. The molecule has 5 nitrogen and oxygen atoms in total. The molecule has 3 rings (SSSR count). The highest BCUT2D eigenvalue weighted by molar-refractivity contribution is 7.91. The summed E-state index contributed by atoms with van der Waals surface area (Å²) >= 11 is 0.